The quantitative estimate of drug-likeness (QED) is 0.867. The minimum atomic E-state index is -2.05. The van der Waals surface area contributed by atoms with Crippen LogP contribution in [0.25, 0.3) is 0 Å². The van der Waals surface area contributed by atoms with E-state index in [9.17, 15) is 9.50 Å². The maximum atomic E-state index is 13.2. The van der Waals surface area contributed by atoms with Gasteiger partial charge in [-0.3, -0.25) is 0 Å². The second-order valence-electron chi connectivity index (χ2n) is 2.58. The number of nitrogens with zero attached hydrogens (tertiary/aromatic N) is 1. The maximum absolute atomic E-state index is 13.2. The minimum absolute atomic E-state index is 0.349. The van der Waals surface area contributed by atoms with Crippen molar-refractivity contribution < 1.29 is 14.2 Å². The van der Waals surface area contributed by atoms with E-state index in [0.717, 1.165) is 0 Å². The first kappa shape index (κ1) is 11.9. The molecule has 1 aromatic rings. The molecule has 6 heteroatoms. The standard InChI is InChI=1S/C8H8Br2FNO2/c1-14-6-3-2-5(4-12-6)7(13)8(9,10)11/h2-4,7,13H,1H3. The summed E-state index contributed by atoms with van der Waals surface area (Å²) in [7, 11) is 1.48. The fourth-order valence-electron chi connectivity index (χ4n) is 0.863. The summed E-state index contributed by atoms with van der Waals surface area (Å²) in [6.45, 7) is 0. The second-order valence-corrected chi connectivity index (χ2v) is 5.95. The molecule has 1 aromatic heterocycles. The Kier molecular flexibility index (Phi) is 3.86. The van der Waals surface area contributed by atoms with Gasteiger partial charge in [-0.2, -0.15) is 0 Å². The van der Waals surface area contributed by atoms with Crippen LogP contribution in [0.5, 0.6) is 5.88 Å². The third-order valence-electron chi connectivity index (χ3n) is 1.59. The first-order chi connectivity index (χ1) is 6.45. The molecule has 0 bridgehead atoms. The van der Waals surface area contributed by atoms with Crippen molar-refractivity contribution in [3.05, 3.63) is 23.9 Å². The molecule has 0 spiro atoms. The van der Waals surface area contributed by atoms with E-state index in [0.29, 0.717) is 11.4 Å². The highest BCUT2D eigenvalue weighted by Gasteiger charge is 2.33. The summed E-state index contributed by atoms with van der Waals surface area (Å²) in [5.41, 5.74) is 0.349. The van der Waals surface area contributed by atoms with Gasteiger partial charge in [-0.25, -0.2) is 9.37 Å². The normalized spacial score (nSPS) is 13.8. The number of pyridine rings is 1. The molecule has 0 fully saturated rings. The zero-order valence-corrected chi connectivity index (χ0v) is 10.4. The molecule has 0 aliphatic rings. The summed E-state index contributed by atoms with van der Waals surface area (Å²) in [5.74, 6) is 0.412. The Hall–Kier alpha value is -0.200. The zero-order valence-electron chi connectivity index (χ0n) is 7.25. The van der Waals surface area contributed by atoms with Gasteiger partial charge >= 0.3 is 0 Å². The molecule has 78 valence electrons. The fraction of sp³-hybridized carbons (Fsp3) is 0.375. The van der Waals surface area contributed by atoms with E-state index in [1.165, 1.54) is 19.4 Å². The molecule has 0 radical (unpaired) electrons. The van der Waals surface area contributed by atoms with Crippen LogP contribution in [0, 0.1) is 0 Å². The van der Waals surface area contributed by atoms with Crippen LogP contribution in [-0.2, 0) is 0 Å². The van der Waals surface area contributed by atoms with Gasteiger partial charge in [-0.15, -0.1) is 0 Å². The third-order valence-corrected chi connectivity index (χ3v) is 2.46. The Labute approximate surface area is 97.6 Å². The number of aliphatic hydroxyl groups is 1. The van der Waals surface area contributed by atoms with Crippen LogP contribution < -0.4 is 4.74 Å². The smallest absolute Gasteiger partial charge is 0.248 e. The van der Waals surface area contributed by atoms with Crippen molar-refractivity contribution in [2.75, 3.05) is 7.11 Å². The average molecular weight is 329 g/mol. The van der Waals surface area contributed by atoms with Crippen LogP contribution in [0.3, 0.4) is 0 Å². The van der Waals surface area contributed by atoms with Crippen LogP contribution in [0.1, 0.15) is 11.7 Å². The Morgan fingerprint density at radius 3 is 2.57 bits per heavy atom. The van der Waals surface area contributed by atoms with Crippen LogP contribution >= 0.6 is 31.9 Å². The molecular weight excluding hydrogens is 321 g/mol. The minimum Gasteiger partial charge on any atom is -0.481 e. The fourth-order valence-corrected chi connectivity index (χ4v) is 1.39. The van der Waals surface area contributed by atoms with Crippen LogP contribution in [0.4, 0.5) is 4.39 Å². The Bertz CT molecular complexity index is 299. The number of alkyl halides is 3. The molecule has 0 saturated heterocycles. The number of methoxy groups -OCH3 is 1. The van der Waals surface area contributed by atoms with Gasteiger partial charge < -0.3 is 9.84 Å². The lowest BCUT2D eigenvalue weighted by molar-refractivity contribution is 0.114. The van der Waals surface area contributed by atoms with Crippen molar-refractivity contribution in [1.29, 1.82) is 0 Å². The van der Waals surface area contributed by atoms with Gasteiger partial charge in [0.25, 0.3) is 0 Å². The first-order valence-electron chi connectivity index (χ1n) is 3.70. The van der Waals surface area contributed by atoms with Crippen LogP contribution in [-0.4, -0.2) is 20.7 Å². The summed E-state index contributed by atoms with van der Waals surface area (Å²) in [6.07, 6.45) is 0.0151. The largest absolute Gasteiger partial charge is 0.481 e. The first-order valence-corrected chi connectivity index (χ1v) is 5.28. The van der Waals surface area contributed by atoms with Crippen molar-refractivity contribution in [2.24, 2.45) is 0 Å². The summed E-state index contributed by atoms with van der Waals surface area (Å²) < 4.78 is 16.0. The number of rotatable bonds is 3. The number of aromatic nitrogens is 1. The van der Waals surface area contributed by atoms with Crippen molar-refractivity contribution in [2.45, 2.75) is 9.59 Å². The summed E-state index contributed by atoms with van der Waals surface area (Å²) in [4.78, 5) is 3.84. The van der Waals surface area contributed by atoms with Gasteiger partial charge in [-0.05, 0) is 37.9 Å². The van der Waals surface area contributed by atoms with Gasteiger partial charge in [0, 0.05) is 17.8 Å². The van der Waals surface area contributed by atoms with E-state index < -0.39 is 9.59 Å². The second kappa shape index (κ2) is 4.55. The van der Waals surface area contributed by atoms with Crippen molar-refractivity contribution in [3.63, 3.8) is 0 Å². The predicted molar refractivity (Wildman–Crippen MR) is 57.4 cm³/mol. The van der Waals surface area contributed by atoms with E-state index in [4.69, 9.17) is 4.74 Å². The molecule has 1 rings (SSSR count). The topological polar surface area (TPSA) is 42.4 Å². The van der Waals surface area contributed by atoms with Crippen LogP contribution in [0.15, 0.2) is 18.3 Å². The number of halogens is 3. The van der Waals surface area contributed by atoms with E-state index in [1.54, 1.807) is 6.07 Å². The van der Waals surface area contributed by atoms with Crippen molar-refractivity contribution in [1.82, 2.24) is 4.98 Å². The zero-order chi connectivity index (χ0) is 10.8. The van der Waals surface area contributed by atoms with Crippen molar-refractivity contribution >= 4 is 31.9 Å². The average Bonchev–Trinajstić information content (AvgIpc) is 2.15. The molecule has 0 saturated carbocycles. The molecule has 1 atom stereocenters. The van der Waals surface area contributed by atoms with E-state index in [2.05, 4.69) is 36.8 Å². The Morgan fingerprint density at radius 2 is 2.21 bits per heavy atom. The Balaban J connectivity index is 2.87. The summed E-state index contributed by atoms with van der Waals surface area (Å²) in [6, 6.07) is 3.08. The van der Waals surface area contributed by atoms with Gasteiger partial charge in [0.05, 0.1) is 7.11 Å². The van der Waals surface area contributed by atoms with Gasteiger partial charge in [0.1, 0.15) is 6.10 Å². The van der Waals surface area contributed by atoms with Gasteiger partial charge in [0.2, 0.25) is 9.37 Å². The summed E-state index contributed by atoms with van der Waals surface area (Å²) in [5, 5.41) is 9.47. The Morgan fingerprint density at radius 1 is 1.57 bits per heavy atom. The SMILES string of the molecule is COc1ccc(C(O)C(F)(Br)Br)cn1. The van der Waals surface area contributed by atoms with E-state index >= 15 is 0 Å². The number of hydrogen-bond acceptors (Lipinski definition) is 3. The molecule has 1 N–H and O–H groups in total. The number of aliphatic hydroxyl groups excluding tert-OH is 1. The highest BCUT2D eigenvalue weighted by molar-refractivity contribution is 9.25. The summed E-state index contributed by atoms with van der Waals surface area (Å²) >= 11 is 5.31. The predicted octanol–water partition coefficient (Wildman–Crippen LogP) is 2.54. The lowest BCUT2D eigenvalue weighted by Crippen LogP contribution is -2.16. The molecule has 0 aliphatic heterocycles. The molecule has 0 aliphatic carbocycles. The third kappa shape index (κ3) is 2.90. The van der Waals surface area contributed by atoms with Crippen LogP contribution in [0.2, 0.25) is 0 Å². The molecule has 1 heterocycles. The van der Waals surface area contributed by atoms with E-state index in [1.807, 2.05) is 0 Å². The number of hydrogen-bond donors (Lipinski definition) is 1. The van der Waals surface area contributed by atoms with E-state index in [-0.39, 0.29) is 0 Å². The molecular formula is C8H8Br2FNO2. The van der Waals surface area contributed by atoms with Gasteiger partial charge in [0.15, 0.2) is 0 Å². The molecule has 0 aromatic carbocycles. The lowest BCUT2D eigenvalue weighted by atomic mass is 10.2. The molecule has 3 nitrogen and oxygen atoms in total. The highest BCUT2D eigenvalue weighted by Crippen LogP contribution is 2.40. The monoisotopic (exact) mass is 327 g/mol. The number of ether oxygens (including phenoxy) is 1. The van der Waals surface area contributed by atoms with Crippen molar-refractivity contribution in [3.8, 4) is 5.88 Å². The van der Waals surface area contributed by atoms with Gasteiger partial charge in [-0.1, -0.05) is 0 Å². The molecule has 1 unspecified atom stereocenters. The molecule has 0 amide bonds. The highest BCUT2D eigenvalue weighted by atomic mass is 79.9. The maximum Gasteiger partial charge on any atom is 0.248 e. The molecule has 14 heavy (non-hydrogen) atoms. The lowest BCUT2D eigenvalue weighted by Gasteiger charge is -2.18.